The first-order valence-electron chi connectivity index (χ1n) is 9.09. The van der Waals surface area contributed by atoms with Crippen LogP contribution in [0.2, 0.25) is 0 Å². The van der Waals surface area contributed by atoms with Gasteiger partial charge >= 0.3 is 12.1 Å². The number of hydrogen-bond donors (Lipinski definition) is 0. The summed E-state index contributed by atoms with van der Waals surface area (Å²) in [4.78, 5) is 15.7. The van der Waals surface area contributed by atoms with Gasteiger partial charge in [0, 0.05) is 12.0 Å². The van der Waals surface area contributed by atoms with E-state index >= 15 is 0 Å². The van der Waals surface area contributed by atoms with Crippen molar-refractivity contribution in [3.05, 3.63) is 89.8 Å². The third-order valence-electron chi connectivity index (χ3n) is 4.53. The number of allylic oxidation sites excluding steroid dienone is 1. The Hall–Kier alpha value is -3.74. The first kappa shape index (κ1) is 19.6. The number of hydrogen-bond acceptors (Lipinski definition) is 4. The van der Waals surface area contributed by atoms with E-state index in [2.05, 4.69) is 14.7 Å². The van der Waals surface area contributed by atoms with E-state index in [0.29, 0.717) is 5.56 Å². The van der Waals surface area contributed by atoms with Gasteiger partial charge in [-0.2, -0.15) is 18.2 Å². The van der Waals surface area contributed by atoms with Crippen LogP contribution in [-0.4, -0.2) is 15.9 Å². The van der Waals surface area contributed by atoms with Gasteiger partial charge in [-0.05, 0) is 28.0 Å². The smallest absolute Gasteiger partial charge is 0.329 e. The molecule has 0 fully saturated rings. The minimum absolute atomic E-state index is 0.0883. The summed E-state index contributed by atoms with van der Waals surface area (Å²) in [6.07, 6.45) is -1.20. The van der Waals surface area contributed by atoms with Crippen molar-refractivity contribution in [1.82, 2.24) is 10.1 Å². The summed E-state index contributed by atoms with van der Waals surface area (Å²) in [5.41, 5.74) is 2.05. The van der Waals surface area contributed by atoms with E-state index in [4.69, 9.17) is 0 Å². The fraction of sp³-hybridized carbons (Fsp3) is 0.0870. The molecule has 1 aromatic heterocycles. The Morgan fingerprint density at radius 1 is 0.967 bits per heavy atom. The van der Waals surface area contributed by atoms with E-state index in [1.165, 1.54) is 6.08 Å². The highest BCUT2D eigenvalue weighted by atomic mass is 19.4. The predicted octanol–water partition coefficient (Wildman–Crippen LogP) is 5.73. The van der Waals surface area contributed by atoms with Crippen molar-refractivity contribution >= 4 is 22.6 Å². The number of alkyl halides is 3. The molecule has 0 aliphatic heterocycles. The van der Waals surface area contributed by atoms with Crippen LogP contribution in [0.4, 0.5) is 13.2 Å². The van der Waals surface area contributed by atoms with Gasteiger partial charge in [0.15, 0.2) is 5.78 Å². The quantitative estimate of drug-likeness (QED) is 0.396. The molecule has 0 aliphatic carbocycles. The maximum Gasteiger partial charge on any atom is 0.471 e. The minimum Gasteiger partial charge on any atom is -0.329 e. The van der Waals surface area contributed by atoms with E-state index in [9.17, 15) is 18.0 Å². The van der Waals surface area contributed by atoms with Gasteiger partial charge in [0.1, 0.15) is 0 Å². The van der Waals surface area contributed by atoms with Gasteiger partial charge in [-0.3, -0.25) is 4.79 Å². The van der Waals surface area contributed by atoms with Crippen LogP contribution in [-0.2, 0) is 17.4 Å². The molecule has 0 unspecified atom stereocenters. The molecule has 0 radical (unpaired) electrons. The van der Waals surface area contributed by atoms with Gasteiger partial charge in [0.25, 0.3) is 0 Å². The van der Waals surface area contributed by atoms with Gasteiger partial charge in [0.2, 0.25) is 5.82 Å². The molecule has 0 aliphatic rings. The summed E-state index contributed by atoms with van der Waals surface area (Å²) in [5, 5.41) is 5.50. The molecule has 7 heteroatoms. The molecule has 1 heterocycles. The van der Waals surface area contributed by atoms with Crippen LogP contribution in [0.3, 0.4) is 0 Å². The first-order chi connectivity index (χ1) is 14.4. The molecule has 4 aromatic rings. The third kappa shape index (κ3) is 4.30. The van der Waals surface area contributed by atoms with Crippen LogP contribution in [0.1, 0.15) is 17.0 Å². The summed E-state index contributed by atoms with van der Waals surface area (Å²) >= 11 is 0. The number of ketones is 1. The highest BCUT2D eigenvalue weighted by molar-refractivity contribution is 5.98. The van der Waals surface area contributed by atoms with Crippen LogP contribution < -0.4 is 0 Å². The Morgan fingerprint density at radius 2 is 1.70 bits per heavy atom. The Labute approximate surface area is 169 Å². The highest BCUT2D eigenvalue weighted by Crippen LogP contribution is 2.29. The lowest BCUT2D eigenvalue weighted by molar-refractivity contribution is -0.159. The molecule has 4 rings (SSSR count). The Kier molecular flexibility index (Phi) is 5.18. The topological polar surface area (TPSA) is 56.0 Å². The number of benzene rings is 3. The van der Waals surface area contributed by atoms with Gasteiger partial charge in [0.05, 0.1) is 0 Å². The van der Waals surface area contributed by atoms with Crippen molar-refractivity contribution < 1.29 is 22.5 Å². The number of carbonyl (C=O) groups excluding carboxylic acids is 1. The zero-order chi connectivity index (χ0) is 21.1. The number of nitrogens with zero attached hydrogens (tertiary/aromatic N) is 2. The lowest BCUT2D eigenvalue weighted by Gasteiger charge is -2.02. The minimum atomic E-state index is -4.69. The van der Waals surface area contributed by atoms with Crippen molar-refractivity contribution in [1.29, 1.82) is 0 Å². The lowest BCUT2D eigenvalue weighted by atomic mass is 10.0. The summed E-state index contributed by atoms with van der Waals surface area (Å²) in [6, 6.07) is 20.2. The fourth-order valence-electron chi connectivity index (χ4n) is 3.07. The Morgan fingerprint density at radius 3 is 2.43 bits per heavy atom. The average molecular weight is 408 g/mol. The van der Waals surface area contributed by atoms with Crippen molar-refractivity contribution in [2.75, 3.05) is 0 Å². The molecule has 0 saturated carbocycles. The van der Waals surface area contributed by atoms with Crippen LogP contribution in [0.5, 0.6) is 0 Å². The molecule has 0 amide bonds. The Bertz CT molecular complexity index is 1220. The predicted molar refractivity (Wildman–Crippen MR) is 106 cm³/mol. The molecule has 4 nitrogen and oxygen atoms in total. The number of halogens is 3. The maximum absolute atomic E-state index is 12.6. The van der Waals surface area contributed by atoms with Crippen LogP contribution in [0, 0.1) is 0 Å². The molecule has 0 N–H and O–H groups in total. The molecular formula is C23H15F3N2O2. The van der Waals surface area contributed by atoms with Gasteiger partial charge < -0.3 is 4.52 Å². The summed E-state index contributed by atoms with van der Waals surface area (Å²) in [6.45, 7) is 0. The molecule has 0 bridgehead atoms. The molecule has 0 spiro atoms. The summed E-state index contributed by atoms with van der Waals surface area (Å²) < 4.78 is 41.9. The second-order valence-electron chi connectivity index (χ2n) is 6.66. The largest absolute Gasteiger partial charge is 0.471 e. The number of fused-ring (bicyclic) bond motifs is 1. The van der Waals surface area contributed by atoms with Crippen LogP contribution in [0.15, 0.2) is 77.3 Å². The SMILES string of the molecule is O=C(C=Cc1cccc2ccccc12)Cc1ccc(-c2noc(C(F)(F)F)n2)cc1. The third-order valence-corrected chi connectivity index (χ3v) is 4.53. The maximum atomic E-state index is 12.6. The zero-order valence-corrected chi connectivity index (χ0v) is 15.6. The van der Waals surface area contributed by atoms with E-state index in [1.54, 1.807) is 30.3 Å². The fourth-order valence-corrected chi connectivity index (χ4v) is 3.07. The van der Waals surface area contributed by atoms with E-state index in [0.717, 1.165) is 21.9 Å². The monoisotopic (exact) mass is 408 g/mol. The van der Waals surface area contributed by atoms with Gasteiger partial charge in [-0.15, -0.1) is 0 Å². The van der Waals surface area contributed by atoms with Gasteiger partial charge in [-0.1, -0.05) is 78.0 Å². The van der Waals surface area contributed by atoms with Crippen molar-refractivity contribution in [3.63, 3.8) is 0 Å². The van der Waals surface area contributed by atoms with E-state index in [1.807, 2.05) is 42.5 Å². The van der Waals surface area contributed by atoms with Crippen molar-refractivity contribution in [2.45, 2.75) is 12.6 Å². The molecule has 150 valence electrons. The molecule has 3 aromatic carbocycles. The summed E-state index contributed by atoms with van der Waals surface area (Å²) in [5.74, 6) is -1.64. The Balaban J connectivity index is 1.45. The van der Waals surface area contributed by atoms with Crippen LogP contribution >= 0.6 is 0 Å². The van der Waals surface area contributed by atoms with E-state index < -0.39 is 12.1 Å². The second-order valence-corrected chi connectivity index (χ2v) is 6.66. The van der Waals surface area contributed by atoms with Gasteiger partial charge in [-0.25, -0.2) is 0 Å². The van der Waals surface area contributed by atoms with Crippen molar-refractivity contribution in [3.8, 4) is 11.4 Å². The first-order valence-corrected chi connectivity index (χ1v) is 9.09. The zero-order valence-electron chi connectivity index (χ0n) is 15.6. The molecular weight excluding hydrogens is 393 g/mol. The number of carbonyl (C=O) groups is 1. The van der Waals surface area contributed by atoms with Crippen LogP contribution in [0.25, 0.3) is 28.2 Å². The number of aromatic nitrogens is 2. The molecule has 30 heavy (non-hydrogen) atoms. The summed E-state index contributed by atoms with van der Waals surface area (Å²) in [7, 11) is 0. The van der Waals surface area contributed by atoms with Crippen molar-refractivity contribution in [2.24, 2.45) is 0 Å². The highest BCUT2D eigenvalue weighted by Gasteiger charge is 2.38. The van der Waals surface area contributed by atoms with E-state index in [-0.39, 0.29) is 18.0 Å². The second kappa shape index (κ2) is 7.94. The molecule has 0 atom stereocenters. The normalized spacial score (nSPS) is 12.0. The lowest BCUT2D eigenvalue weighted by Crippen LogP contribution is -2.04. The number of rotatable bonds is 5. The standard InChI is InChI=1S/C23H15F3N2O2/c24-23(25,26)22-27-21(28-30-22)18-10-8-15(9-11-18)14-19(29)13-12-17-6-3-5-16-4-1-2-7-20(16)17/h1-13H,14H2. The average Bonchev–Trinajstić information content (AvgIpc) is 3.24. The molecule has 0 saturated heterocycles.